The number of nitrogen functional groups attached to an aromatic ring is 1. The molecular formula is C10H13NO3. The van der Waals surface area contributed by atoms with E-state index in [0.29, 0.717) is 22.6 Å². The average molecular weight is 195 g/mol. The first-order chi connectivity index (χ1) is 6.60. The SMILES string of the molecule is COC(=O)c1cc(OC)cc(N)c1C. The van der Waals surface area contributed by atoms with Gasteiger partial charge in [0.15, 0.2) is 0 Å². The number of carbonyl (C=O) groups is 1. The van der Waals surface area contributed by atoms with Gasteiger partial charge in [0, 0.05) is 11.8 Å². The molecule has 0 heterocycles. The lowest BCUT2D eigenvalue weighted by molar-refractivity contribution is 0.0599. The number of ether oxygens (including phenoxy) is 2. The summed E-state index contributed by atoms with van der Waals surface area (Å²) in [5, 5.41) is 0. The number of anilines is 1. The largest absolute Gasteiger partial charge is 0.497 e. The van der Waals surface area contributed by atoms with E-state index in [0.717, 1.165) is 0 Å². The van der Waals surface area contributed by atoms with E-state index in [4.69, 9.17) is 10.5 Å². The molecule has 0 atom stereocenters. The summed E-state index contributed by atoms with van der Waals surface area (Å²) >= 11 is 0. The molecule has 76 valence electrons. The third kappa shape index (κ3) is 1.79. The van der Waals surface area contributed by atoms with Crippen LogP contribution in [0.1, 0.15) is 15.9 Å². The number of hydrogen-bond acceptors (Lipinski definition) is 4. The highest BCUT2D eigenvalue weighted by atomic mass is 16.5. The first kappa shape index (κ1) is 10.4. The van der Waals surface area contributed by atoms with Crippen LogP contribution in [-0.4, -0.2) is 20.2 Å². The standard InChI is InChI=1S/C10H13NO3/c1-6-8(10(12)14-3)4-7(13-2)5-9(6)11/h4-5H,11H2,1-3H3. The van der Waals surface area contributed by atoms with Gasteiger partial charge in [0.25, 0.3) is 0 Å². The van der Waals surface area contributed by atoms with Gasteiger partial charge in [0.1, 0.15) is 5.75 Å². The number of hydrogen-bond donors (Lipinski definition) is 1. The van der Waals surface area contributed by atoms with Gasteiger partial charge in [-0.25, -0.2) is 4.79 Å². The van der Waals surface area contributed by atoms with Gasteiger partial charge >= 0.3 is 5.97 Å². The molecule has 1 aromatic carbocycles. The molecule has 0 aliphatic heterocycles. The second kappa shape index (κ2) is 4.00. The number of carbonyl (C=O) groups excluding carboxylic acids is 1. The van der Waals surface area contributed by atoms with Crippen LogP contribution >= 0.6 is 0 Å². The van der Waals surface area contributed by atoms with E-state index in [1.54, 1.807) is 19.1 Å². The molecule has 0 aliphatic carbocycles. The molecule has 0 bridgehead atoms. The van der Waals surface area contributed by atoms with Crippen LogP contribution in [0.25, 0.3) is 0 Å². The van der Waals surface area contributed by atoms with Gasteiger partial charge in [0.2, 0.25) is 0 Å². The smallest absolute Gasteiger partial charge is 0.338 e. The molecule has 2 N–H and O–H groups in total. The summed E-state index contributed by atoms with van der Waals surface area (Å²) in [5.41, 5.74) is 7.36. The maximum absolute atomic E-state index is 11.3. The summed E-state index contributed by atoms with van der Waals surface area (Å²) in [6.45, 7) is 1.76. The van der Waals surface area contributed by atoms with Gasteiger partial charge in [0.05, 0.1) is 19.8 Å². The lowest BCUT2D eigenvalue weighted by Gasteiger charge is -2.09. The molecule has 0 aromatic heterocycles. The Kier molecular flexibility index (Phi) is 2.96. The average Bonchev–Trinajstić information content (AvgIpc) is 2.20. The Labute approximate surface area is 82.6 Å². The molecule has 0 amide bonds. The van der Waals surface area contributed by atoms with Gasteiger partial charge in [-0.05, 0) is 18.6 Å². The number of nitrogens with two attached hydrogens (primary N) is 1. The second-order valence-corrected chi connectivity index (χ2v) is 2.88. The lowest BCUT2D eigenvalue weighted by Crippen LogP contribution is -2.06. The first-order valence-corrected chi connectivity index (χ1v) is 4.12. The third-order valence-corrected chi connectivity index (χ3v) is 2.06. The fourth-order valence-electron chi connectivity index (χ4n) is 1.15. The van der Waals surface area contributed by atoms with Crippen LogP contribution in [0.4, 0.5) is 5.69 Å². The van der Waals surface area contributed by atoms with Crippen molar-refractivity contribution < 1.29 is 14.3 Å². The maximum Gasteiger partial charge on any atom is 0.338 e. The minimum atomic E-state index is -0.409. The van der Waals surface area contributed by atoms with Crippen molar-refractivity contribution in [3.05, 3.63) is 23.3 Å². The molecule has 0 spiro atoms. The van der Waals surface area contributed by atoms with Crippen molar-refractivity contribution in [1.82, 2.24) is 0 Å². The van der Waals surface area contributed by atoms with Crippen LogP contribution in [0.3, 0.4) is 0 Å². The van der Waals surface area contributed by atoms with E-state index in [1.165, 1.54) is 14.2 Å². The topological polar surface area (TPSA) is 61.5 Å². The Morgan fingerprint density at radius 2 is 2.00 bits per heavy atom. The normalized spacial score (nSPS) is 9.64. The van der Waals surface area contributed by atoms with E-state index in [1.807, 2.05) is 0 Å². The molecule has 0 aliphatic rings. The van der Waals surface area contributed by atoms with E-state index < -0.39 is 5.97 Å². The summed E-state index contributed by atoms with van der Waals surface area (Å²) in [6.07, 6.45) is 0. The number of methoxy groups -OCH3 is 2. The Balaban J connectivity index is 3.27. The summed E-state index contributed by atoms with van der Waals surface area (Å²) in [5.74, 6) is 0.140. The fraction of sp³-hybridized carbons (Fsp3) is 0.300. The highest BCUT2D eigenvalue weighted by Crippen LogP contribution is 2.24. The molecule has 0 radical (unpaired) electrons. The van der Waals surface area contributed by atoms with E-state index in [2.05, 4.69) is 4.74 Å². The third-order valence-electron chi connectivity index (χ3n) is 2.06. The number of benzene rings is 1. The van der Waals surface area contributed by atoms with Gasteiger partial charge in [-0.15, -0.1) is 0 Å². The molecule has 1 rings (SSSR count). The van der Waals surface area contributed by atoms with Gasteiger partial charge in [-0.2, -0.15) is 0 Å². The van der Waals surface area contributed by atoms with Crippen LogP contribution in [0.2, 0.25) is 0 Å². The molecule has 0 unspecified atom stereocenters. The zero-order chi connectivity index (χ0) is 10.7. The minimum Gasteiger partial charge on any atom is -0.497 e. The van der Waals surface area contributed by atoms with E-state index in [-0.39, 0.29) is 0 Å². The second-order valence-electron chi connectivity index (χ2n) is 2.88. The Bertz CT molecular complexity index is 361. The molecular weight excluding hydrogens is 182 g/mol. The maximum atomic E-state index is 11.3. The first-order valence-electron chi connectivity index (χ1n) is 4.12. The predicted octanol–water partition coefficient (Wildman–Crippen LogP) is 1.37. The lowest BCUT2D eigenvalue weighted by atomic mass is 10.1. The Morgan fingerprint density at radius 3 is 2.50 bits per heavy atom. The van der Waals surface area contributed by atoms with E-state index in [9.17, 15) is 4.79 Å². The summed E-state index contributed by atoms with van der Waals surface area (Å²) in [6, 6.07) is 3.28. The number of esters is 1. The summed E-state index contributed by atoms with van der Waals surface area (Å²) in [4.78, 5) is 11.3. The molecule has 14 heavy (non-hydrogen) atoms. The zero-order valence-electron chi connectivity index (χ0n) is 8.46. The molecule has 0 saturated carbocycles. The van der Waals surface area contributed by atoms with Crippen molar-refractivity contribution >= 4 is 11.7 Å². The molecule has 4 heteroatoms. The zero-order valence-corrected chi connectivity index (χ0v) is 8.46. The summed E-state index contributed by atoms with van der Waals surface area (Å²) in [7, 11) is 2.85. The highest BCUT2D eigenvalue weighted by Gasteiger charge is 2.12. The van der Waals surface area contributed by atoms with Crippen LogP contribution < -0.4 is 10.5 Å². The van der Waals surface area contributed by atoms with Crippen molar-refractivity contribution in [2.45, 2.75) is 6.92 Å². The van der Waals surface area contributed by atoms with Crippen molar-refractivity contribution in [2.75, 3.05) is 20.0 Å². The fourth-order valence-corrected chi connectivity index (χ4v) is 1.15. The highest BCUT2D eigenvalue weighted by molar-refractivity contribution is 5.93. The van der Waals surface area contributed by atoms with Crippen molar-refractivity contribution in [2.24, 2.45) is 0 Å². The Morgan fingerprint density at radius 1 is 1.36 bits per heavy atom. The van der Waals surface area contributed by atoms with Crippen LogP contribution in [0.15, 0.2) is 12.1 Å². The molecule has 0 saturated heterocycles. The van der Waals surface area contributed by atoms with Crippen molar-refractivity contribution in [1.29, 1.82) is 0 Å². The van der Waals surface area contributed by atoms with Crippen molar-refractivity contribution in [3.8, 4) is 5.75 Å². The van der Waals surface area contributed by atoms with Crippen LogP contribution in [0, 0.1) is 6.92 Å². The minimum absolute atomic E-state index is 0.409. The predicted molar refractivity (Wildman–Crippen MR) is 53.5 cm³/mol. The quantitative estimate of drug-likeness (QED) is 0.572. The van der Waals surface area contributed by atoms with Crippen LogP contribution in [0.5, 0.6) is 5.75 Å². The summed E-state index contributed by atoms with van der Waals surface area (Å²) < 4.78 is 9.62. The van der Waals surface area contributed by atoms with Crippen LogP contribution in [-0.2, 0) is 4.74 Å². The molecule has 0 fully saturated rings. The molecule has 4 nitrogen and oxygen atoms in total. The molecule has 1 aromatic rings. The van der Waals surface area contributed by atoms with Crippen molar-refractivity contribution in [3.63, 3.8) is 0 Å². The number of rotatable bonds is 2. The van der Waals surface area contributed by atoms with Gasteiger partial charge in [-0.3, -0.25) is 0 Å². The Hall–Kier alpha value is -1.71. The monoisotopic (exact) mass is 195 g/mol. The van der Waals surface area contributed by atoms with Gasteiger partial charge in [-0.1, -0.05) is 0 Å². The van der Waals surface area contributed by atoms with Gasteiger partial charge < -0.3 is 15.2 Å². The van der Waals surface area contributed by atoms with E-state index >= 15 is 0 Å².